The van der Waals surface area contributed by atoms with Gasteiger partial charge in [-0.05, 0) is 6.07 Å². The summed E-state index contributed by atoms with van der Waals surface area (Å²) in [5.41, 5.74) is 7.91. The van der Waals surface area contributed by atoms with Crippen LogP contribution in [-0.4, -0.2) is 19.9 Å². The average Bonchev–Trinajstić information content (AvgIpc) is 2.95. The molecule has 0 amide bonds. The van der Waals surface area contributed by atoms with Crippen molar-refractivity contribution in [3.8, 4) is 0 Å². The molecular weight excluding hydrogens is 220 g/mol. The number of aromatic amines is 1. The van der Waals surface area contributed by atoms with Gasteiger partial charge in [0, 0.05) is 12.1 Å². The molecule has 86 valence electrons. The highest BCUT2D eigenvalue weighted by Crippen LogP contribution is 2.17. The molecule has 0 aliphatic carbocycles. The van der Waals surface area contributed by atoms with Gasteiger partial charge >= 0.3 is 0 Å². The van der Waals surface area contributed by atoms with Gasteiger partial charge in [-0.1, -0.05) is 0 Å². The number of hydrogen-bond donors (Lipinski definition) is 3. The zero-order valence-electron chi connectivity index (χ0n) is 8.84. The first-order valence-electron chi connectivity index (χ1n) is 5.04. The number of H-pyrrole nitrogens is 1. The molecule has 7 nitrogen and oxygen atoms in total. The van der Waals surface area contributed by atoms with E-state index in [0.717, 1.165) is 11.1 Å². The normalized spacial score (nSPS) is 10.8. The van der Waals surface area contributed by atoms with Crippen molar-refractivity contribution < 1.29 is 4.42 Å². The van der Waals surface area contributed by atoms with E-state index < -0.39 is 0 Å². The maximum Gasteiger partial charge on any atom is 0.224 e. The Balaban J connectivity index is 1.91. The number of fused-ring (bicyclic) bond motifs is 1. The maximum atomic E-state index is 5.60. The second-order valence-corrected chi connectivity index (χ2v) is 3.52. The molecular formula is C10H10N6O. The average molecular weight is 230 g/mol. The minimum Gasteiger partial charge on any atom is -0.472 e. The number of nitrogen functional groups attached to an aromatic ring is 1. The summed E-state index contributed by atoms with van der Waals surface area (Å²) in [6, 6.07) is 1.88. The minimum atomic E-state index is 0.194. The molecule has 3 rings (SSSR count). The lowest BCUT2D eigenvalue weighted by Gasteiger charge is -2.05. The van der Waals surface area contributed by atoms with E-state index in [1.165, 1.54) is 0 Å². The van der Waals surface area contributed by atoms with Crippen molar-refractivity contribution in [2.75, 3.05) is 11.1 Å². The van der Waals surface area contributed by atoms with Crippen LogP contribution in [0.2, 0.25) is 0 Å². The van der Waals surface area contributed by atoms with Crippen molar-refractivity contribution in [2.45, 2.75) is 6.54 Å². The lowest BCUT2D eigenvalue weighted by atomic mass is 10.3. The standard InChI is InChI=1S/C10H10N6O/c11-10-15-8(7-9(16-10)14-5-13-7)12-3-6-1-2-17-4-6/h1-2,4-5H,3H2,(H4,11,12,13,14,15,16). The first-order valence-corrected chi connectivity index (χ1v) is 5.04. The van der Waals surface area contributed by atoms with Gasteiger partial charge in [-0.25, -0.2) is 4.98 Å². The van der Waals surface area contributed by atoms with Crippen LogP contribution < -0.4 is 11.1 Å². The number of aromatic nitrogens is 4. The van der Waals surface area contributed by atoms with Crippen LogP contribution >= 0.6 is 0 Å². The van der Waals surface area contributed by atoms with E-state index in [4.69, 9.17) is 10.2 Å². The lowest BCUT2D eigenvalue weighted by molar-refractivity contribution is 0.564. The molecule has 17 heavy (non-hydrogen) atoms. The monoisotopic (exact) mass is 230 g/mol. The van der Waals surface area contributed by atoms with Crippen LogP contribution in [0.15, 0.2) is 29.3 Å². The second-order valence-electron chi connectivity index (χ2n) is 3.52. The Bertz CT molecular complexity index is 629. The van der Waals surface area contributed by atoms with Crippen molar-refractivity contribution in [3.63, 3.8) is 0 Å². The smallest absolute Gasteiger partial charge is 0.224 e. The highest BCUT2D eigenvalue weighted by molar-refractivity contribution is 5.83. The summed E-state index contributed by atoms with van der Waals surface area (Å²) < 4.78 is 4.98. The Morgan fingerprint density at radius 2 is 2.35 bits per heavy atom. The van der Waals surface area contributed by atoms with Crippen LogP contribution in [0.4, 0.5) is 11.8 Å². The summed E-state index contributed by atoms with van der Waals surface area (Å²) in [6.07, 6.45) is 4.85. The first-order chi connectivity index (χ1) is 8.33. The molecule has 0 saturated heterocycles. The Kier molecular flexibility index (Phi) is 2.14. The number of anilines is 2. The van der Waals surface area contributed by atoms with E-state index >= 15 is 0 Å². The van der Waals surface area contributed by atoms with Gasteiger partial charge in [-0.3, -0.25) is 0 Å². The molecule has 0 aliphatic rings. The van der Waals surface area contributed by atoms with Crippen LogP contribution in [0.25, 0.3) is 11.2 Å². The molecule has 3 heterocycles. The number of nitrogens with one attached hydrogen (secondary N) is 2. The van der Waals surface area contributed by atoms with Crippen molar-refractivity contribution in [1.29, 1.82) is 0 Å². The summed E-state index contributed by atoms with van der Waals surface area (Å²) in [7, 11) is 0. The minimum absolute atomic E-state index is 0.194. The highest BCUT2D eigenvalue weighted by atomic mass is 16.3. The van der Waals surface area contributed by atoms with Gasteiger partial charge in [-0.15, -0.1) is 0 Å². The third-order valence-electron chi connectivity index (χ3n) is 2.34. The fourth-order valence-electron chi connectivity index (χ4n) is 1.56. The molecule has 0 atom stereocenters. The molecule has 0 unspecified atom stereocenters. The SMILES string of the molecule is Nc1nc(NCc2ccoc2)c2[nH]cnc2n1. The Morgan fingerprint density at radius 3 is 3.18 bits per heavy atom. The molecule has 0 bridgehead atoms. The third kappa shape index (κ3) is 1.78. The van der Waals surface area contributed by atoms with E-state index in [-0.39, 0.29) is 5.95 Å². The van der Waals surface area contributed by atoms with Gasteiger partial charge in [0.2, 0.25) is 5.95 Å². The summed E-state index contributed by atoms with van der Waals surface area (Å²) in [4.78, 5) is 15.1. The van der Waals surface area contributed by atoms with Crippen LogP contribution in [0, 0.1) is 0 Å². The van der Waals surface area contributed by atoms with Crippen molar-refractivity contribution in [3.05, 3.63) is 30.5 Å². The van der Waals surface area contributed by atoms with Crippen LogP contribution in [0.5, 0.6) is 0 Å². The van der Waals surface area contributed by atoms with E-state index in [9.17, 15) is 0 Å². The van der Waals surface area contributed by atoms with Crippen LogP contribution in [0.3, 0.4) is 0 Å². The van der Waals surface area contributed by atoms with Crippen LogP contribution in [-0.2, 0) is 6.54 Å². The number of rotatable bonds is 3. The molecule has 3 aromatic rings. The third-order valence-corrected chi connectivity index (χ3v) is 2.34. The van der Waals surface area contributed by atoms with Gasteiger partial charge in [-0.2, -0.15) is 9.97 Å². The molecule has 3 aromatic heterocycles. The maximum absolute atomic E-state index is 5.60. The Morgan fingerprint density at radius 1 is 1.41 bits per heavy atom. The molecule has 0 aromatic carbocycles. The molecule has 0 fully saturated rings. The van der Waals surface area contributed by atoms with Gasteiger partial charge < -0.3 is 20.5 Å². The van der Waals surface area contributed by atoms with Gasteiger partial charge in [0.15, 0.2) is 11.5 Å². The number of nitrogens with zero attached hydrogens (tertiary/aromatic N) is 3. The first kappa shape index (κ1) is 9.64. The van der Waals surface area contributed by atoms with E-state index in [2.05, 4.69) is 25.3 Å². The largest absolute Gasteiger partial charge is 0.472 e. The summed E-state index contributed by atoms with van der Waals surface area (Å²) in [6.45, 7) is 0.598. The fraction of sp³-hybridized carbons (Fsp3) is 0.100. The molecule has 7 heteroatoms. The molecule has 0 radical (unpaired) electrons. The number of imidazole rings is 1. The quantitative estimate of drug-likeness (QED) is 0.623. The predicted molar refractivity (Wildman–Crippen MR) is 62.1 cm³/mol. The number of furan rings is 1. The van der Waals surface area contributed by atoms with E-state index in [1.54, 1.807) is 18.9 Å². The van der Waals surface area contributed by atoms with Crippen molar-refractivity contribution in [1.82, 2.24) is 19.9 Å². The summed E-state index contributed by atoms with van der Waals surface area (Å²) in [5, 5.41) is 3.15. The predicted octanol–water partition coefficient (Wildman–Crippen LogP) is 1.14. The van der Waals surface area contributed by atoms with E-state index in [1.807, 2.05) is 6.07 Å². The highest BCUT2D eigenvalue weighted by Gasteiger charge is 2.07. The molecule has 0 saturated carbocycles. The fourth-order valence-corrected chi connectivity index (χ4v) is 1.56. The number of hydrogen-bond acceptors (Lipinski definition) is 6. The molecule has 4 N–H and O–H groups in total. The lowest BCUT2D eigenvalue weighted by Crippen LogP contribution is -2.04. The second kappa shape index (κ2) is 3.78. The van der Waals surface area contributed by atoms with E-state index in [0.29, 0.717) is 18.0 Å². The Labute approximate surface area is 96.1 Å². The molecule has 0 aliphatic heterocycles. The van der Waals surface area contributed by atoms with Crippen LogP contribution in [0.1, 0.15) is 5.56 Å². The zero-order valence-corrected chi connectivity index (χ0v) is 8.84. The summed E-state index contributed by atoms with van der Waals surface area (Å²) >= 11 is 0. The van der Waals surface area contributed by atoms with Gasteiger partial charge in [0.1, 0.15) is 5.52 Å². The number of nitrogens with two attached hydrogens (primary N) is 1. The summed E-state index contributed by atoms with van der Waals surface area (Å²) in [5.74, 6) is 0.825. The van der Waals surface area contributed by atoms with Crippen molar-refractivity contribution >= 4 is 22.9 Å². The topological polar surface area (TPSA) is 106 Å². The zero-order chi connectivity index (χ0) is 11.7. The molecule has 0 spiro atoms. The van der Waals surface area contributed by atoms with Gasteiger partial charge in [0.05, 0.1) is 18.9 Å². The Hall–Kier alpha value is -2.57. The van der Waals surface area contributed by atoms with Gasteiger partial charge in [0.25, 0.3) is 0 Å². The van der Waals surface area contributed by atoms with Crippen molar-refractivity contribution in [2.24, 2.45) is 0 Å².